The molecular formula is C13H15N3O4S. The molecule has 0 bridgehead atoms. The molecule has 0 aliphatic carbocycles. The number of hydrogen-bond donors (Lipinski definition) is 1. The van der Waals surface area contributed by atoms with Gasteiger partial charge in [-0.2, -0.15) is 4.98 Å². The summed E-state index contributed by atoms with van der Waals surface area (Å²) >= 11 is 0. The molecule has 0 radical (unpaired) electrons. The van der Waals surface area contributed by atoms with Crippen molar-refractivity contribution in [1.82, 2.24) is 10.1 Å². The maximum Gasteiger partial charge on any atom is 0.245 e. The quantitative estimate of drug-likeness (QED) is 0.925. The van der Waals surface area contributed by atoms with Crippen molar-refractivity contribution in [2.45, 2.75) is 30.9 Å². The Hall–Kier alpha value is -2.22. The average molecular weight is 309 g/mol. The highest BCUT2D eigenvalue weighted by Gasteiger charge is 2.29. The third-order valence-corrected chi connectivity index (χ3v) is 4.92. The molecule has 0 spiro atoms. The van der Waals surface area contributed by atoms with E-state index >= 15 is 0 Å². The molecule has 0 saturated carbocycles. The predicted octanol–water partition coefficient (Wildman–Crippen LogP) is 1.87. The van der Waals surface area contributed by atoms with Gasteiger partial charge in [-0.15, -0.1) is 0 Å². The molecule has 0 unspecified atom stereocenters. The van der Waals surface area contributed by atoms with Crippen LogP contribution < -0.4 is 5.32 Å². The first-order valence-electron chi connectivity index (χ1n) is 6.22. The summed E-state index contributed by atoms with van der Waals surface area (Å²) in [5, 5.41) is 5.23. The Morgan fingerprint density at radius 1 is 1.29 bits per heavy atom. The van der Waals surface area contributed by atoms with E-state index in [1.807, 2.05) is 0 Å². The molecule has 1 aromatic carbocycles. The molecule has 2 rings (SSSR count). The van der Waals surface area contributed by atoms with Crippen molar-refractivity contribution in [1.29, 1.82) is 0 Å². The first kappa shape index (κ1) is 15.2. The minimum absolute atomic E-state index is 0.0541. The molecule has 1 N–H and O–H groups in total. The largest absolute Gasteiger partial charge is 0.338 e. The van der Waals surface area contributed by atoms with Crippen molar-refractivity contribution >= 4 is 21.4 Å². The highest BCUT2D eigenvalue weighted by molar-refractivity contribution is 7.91. The van der Waals surface area contributed by atoms with Crippen LogP contribution in [0.2, 0.25) is 0 Å². The Morgan fingerprint density at radius 2 is 1.90 bits per heavy atom. The van der Waals surface area contributed by atoms with Gasteiger partial charge in [-0.3, -0.25) is 4.79 Å². The van der Waals surface area contributed by atoms with E-state index < -0.39 is 15.1 Å². The standard InChI is InChI=1S/C13H15N3O4S/c1-8(13-14-9(2)16-20-13)21(18,19)12-6-4-11(5-7-12)15-10(3)17/h4-8H,1-3H3,(H,15,17)/t8-/m1/s1. The summed E-state index contributed by atoms with van der Waals surface area (Å²) in [7, 11) is -3.63. The molecule has 112 valence electrons. The van der Waals surface area contributed by atoms with Gasteiger partial charge >= 0.3 is 0 Å². The fourth-order valence-corrected chi connectivity index (χ4v) is 3.03. The van der Waals surface area contributed by atoms with Crippen LogP contribution in [-0.4, -0.2) is 24.5 Å². The third kappa shape index (κ3) is 3.27. The summed E-state index contributed by atoms with van der Waals surface area (Å²) < 4.78 is 29.8. The van der Waals surface area contributed by atoms with Crippen molar-refractivity contribution in [2.24, 2.45) is 0 Å². The van der Waals surface area contributed by atoms with Crippen molar-refractivity contribution in [2.75, 3.05) is 5.32 Å². The zero-order valence-electron chi connectivity index (χ0n) is 11.8. The maximum atomic E-state index is 12.5. The van der Waals surface area contributed by atoms with Gasteiger partial charge < -0.3 is 9.84 Å². The van der Waals surface area contributed by atoms with Gasteiger partial charge in [0.25, 0.3) is 0 Å². The number of nitrogens with zero attached hydrogens (tertiary/aromatic N) is 2. The summed E-state index contributed by atoms with van der Waals surface area (Å²) in [6.07, 6.45) is 0. The van der Waals surface area contributed by atoms with Crippen LogP contribution in [0.4, 0.5) is 5.69 Å². The first-order chi connectivity index (χ1) is 9.80. The van der Waals surface area contributed by atoms with Crippen LogP contribution in [0.1, 0.15) is 30.8 Å². The lowest BCUT2D eigenvalue weighted by molar-refractivity contribution is -0.114. The topological polar surface area (TPSA) is 102 Å². The number of aryl methyl sites for hydroxylation is 1. The van der Waals surface area contributed by atoms with Crippen LogP contribution in [0.25, 0.3) is 0 Å². The fourth-order valence-electron chi connectivity index (χ4n) is 1.75. The SMILES string of the molecule is CC(=O)Nc1ccc(S(=O)(=O)[C@H](C)c2nc(C)no2)cc1. The smallest absolute Gasteiger partial charge is 0.245 e. The molecule has 0 fully saturated rings. The van der Waals surface area contributed by atoms with Gasteiger partial charge in [0, 0.05) is 12.6 Å². The van der Waals surface area contributed by atoms with Crippen molar-refractivity contribution in [3.8, 4) is 0 Å². The van der Waals surface area contributed by atoms with E-state index in [1.165, 1.54) is 38.1 Å². The highest BCUT2D eigenvalue weighted by Crippen LogP contribution is 2.28. The van der Waals surface area contributed by atoms with Crippen LogP contribution in [0.3, 0.4) is 0 Å². The predicted molar refractivity (Wildman–Crippen MR) is 75.4 cm³/mol. The van der Waals surface area contributed by atoms with Gasteiger partial charge in [0.15, 0.2) is 15.7 Å². The zero-order valence-corrected chi connectivity index (χ0v) is 12.6. The summed E-state index contributed by atoms with van der Waals surface area (Å²) in [5.41, 5.74) is 0.530. The van der Waals surface area contributed by atoms with Crippen LogP contribution in [-0.2, 0) is 14.6 Å². The number of carbonyl (C=O) groups excluding carboxylic acids is 1. The summed E-state index contributed by atoms with van der Waals surface area (Å²) in [6, 6.07) is 5.92. The van der Waals surface area contributed by atoms with Gasteiger partial charge in [-0.05, 0) is 38.1 Å². The average Bonchev–Trinajstić information content (AvgIpc) is 2.84. The molecule has 7 nitrogen and oxygen atoms in total. The molecule has 1 amide bonds. The van der Waals surface area contributed by atoms with E-state index in [-0.39, 0.29) is 16.7 Å². The Balaban J connectivity index is 2.29. The molecular weight excluding hydrogens is 294 g/mol. The number of carbonyl (C=O) groups is 1. The second kappa shape index (κ2) is 5.65. The van der Waals surface area contributed by atoms with Crippen LogP contribution in [0, 0.1) is 6.92 Å². The monoisotopic (exact) mass is 309 g/mol. The van der Waals surface area contributed by atoms with E-state index in [9.17, 15) is 13.2 Å². The minimum atomic E-state index is -3.63. The lowest BCUT2D eigenvalue weighted by Gasteiger charge is -2.10. The maximum absolute atomic E-state index is 12.5. The third-order valence-electron chi connectivity index (χ3n) is 2.86. The molecule has 1 atom stereocenters. The van der Waals surface area contributed by atoms with E-state index in [1.54, 1.807) is 6.92 Å². The number of benzene rings is 1. The molecule has 1 aromatic heterocycles. The van der Waals surface area contributed by atoms with E-state index in [0.717, 1.165) is 0 Å². The molecule has 0 aliphatic rings. The van der Waals surface area contributed by atoms with E-state index in [2.05, 4.69) is 15.5 Å². The number of hydrogen-bond acceptors (Lipinski definition) is 6. The highest BCUT2D eigenvalue weighted by atomic mass is 32.2. The van der Waals surface area contributed by atoms with Gasteiger partial charge in [0.2, 0.25) is 11.8 Å². The Kier molecular flexibility index (Phi) is 4.08. The first-order valence-corrected chi connectivity index (χ1v) is 7.77. The lowest BCUT2D eigenvalue weighted by Crippen LogP contribution is -2.11. The second-order valence-corrected chi connectivity index (χ2v) is 6.84. The molecule has 0 saturated heterocycles. The fraction of sp³-hybridized carbons (Fsp3) is 0.308. The molecule has 0 aliphatic heterocycles. The Morgan fingerprint density at radius 3 is 2.38 bits per heavy atom. The number of sulfone groups is 1. The molecule has 21 heavy (non-hydrogen) atoms. The van der Waals surface area contributed by atoms with E-state index in [0.29, 0.717) is 11.5 Å². The molecule has 1 heterocycles. The zero-order chi connectivity index (χ0) is 15.6. The van der Waals surface area contributed by atoms with Crippen LogP contribution >= 0.6 is 0 Å². The Labute approximate surface area is 122 Å². The Bertz CT molecular complexity index is 750. The normalized spacial score (nSPS) is 12.9. The number of anilines is 1. The number of aromatic nitrogens is 2. The molecule has 8 heteroatoms. The lowest BCUT2D eigenvalue weighted by atomic mass is 10.3. The number of nitrogens with one attached hydrogen (secondary N) is 1. The van der Waals surface area contributed by atoms with Gasteiger partial charge in [-0.1, -0.05) is 5.16 Å². The summed E-state index contributed by atoms with van der Waals surface area (Å²) in [6.45, 7) is 4.49. The second-order valence-electron chi connectivity index (χ2n) is 4.57. The summed E-state index contributed by atoms with van der Waals surface area (Å²) in [4.78, 5) is 15.0. The van der Waals surface area contributed by atoms with Gasteiger partial charge in [0.05, 0.1) is 4.90 Å². The number of amides is 1. The summed E-state index contributed by atoms with van der Waals surface area (Å²) in [5.74, 6) is 0.215. The van der Waals surface area contributed by atoms with E-state index in [4.69, 9.17) is 4.52 Å². The van der Waals surface area contributed by atoms with Crippen molar-refractivity contribution < 1.29 is 17.7 Å². The number of rotatable bonds is 4. The van der Waals surface area contributed by atoms with Crippen LogP contribution in [0.15, 0.2) is 33.7 Å². The minimum Gasteiger partial charge on any atom is -0.338 e. The van der Waals surface area contributed by atoms with Gasteiger partial charge in [-0.25, -0.2) is 8.42 Å². The van der Waals surface area contributed by atoms with Gasteiger partial charge in [0.1, 0.15) is 5.25 Å². The van der Waals surface area contributed by atoms with Crippen LogP contribution in [0.5, 0.6) is 0 Å². The van der Waals surface area contributed by atoms with Crippen molar-refractivity contribution in [3.63, 3.8) is 0 Å². The molecule has 2 aromatic rings. The van der Waals surface area contributed by atoms with Crippen molar-refractivity contribution in [3.05, 3.63) is 36.0 Å².